The van der Waals surface area contributed by atoms with Crippen molar-refractivity contribution in [3.63, 3.8) is 0 Å². The highest BCUT2D eigenvalue weighted by Crippen LogP contribution is 2.46. The molecule has 1 aliphatic rings. The molecule has 1 N–H and O–H groups in total. The Morgan fingerprint density at radius 1 is 1.44 bits per heavy atom. The third kappa shape index (κ3) is 1.97. The highest BCUT2D eigenvalue weighted by Gasteiger charge is 2.44. The minimum Gasteiger partial charge on any atom is -0.480 e. The zero-order chi connectivity index (χ0) is 13.7. The average Bonchev–Trinajstić information content (AvgIpc) is 2.65. The van der Waals surface area contributed by atoms with Gasteiger partial charge in [0.2, 0.25) is 0 Å². The van der Waals surface area contributed by atoms with Crippen molar-refractivity contribution in [3.8, 4) is 0 Å². The fourth-order valence-corrected chi connectivity index (χ4v) is 2.65. The predicted molar refractivity (Wildman–Crippen MR) is 56.3 cm³/mol. The van der Waals surface area contributed by atoms with E-state index in [1.54, 1.807) is 13.8 Å². The van der Waals surface area contributed by atoms with Crippen LogP contribution in [0, 0.1) is 0 Å². The predicted octanol–water partition coefficient (Wildman–Crippen LogP) is 2.60. The highest BCUT2D eigenvalue weighted by atomic mass is 19.4. The second kappa shape index (κ2) is 4.00. The summed E-state index contributed by atoms with van der Waals surface area (Å²) in [7, 11) is 0. The first-order chi connectivity index (χ1) is 8.21. The average molecular weight is 262 g/mol. The number of hydrogen-bond donors (Lipinski definition) is 1. The minimum atomic E-state index is -4.58. The lowest BCUT2D eigenvalue weighted by Crippen LogP contribution is -2.20. The van der Waals surface area contributed by atoms with Gasteiger partial charge >= 0.3 is 12.1 Å². The van der Waals surface area contributed by atoms with Crippen molar-refractivity contribution in [1.82, 2.24) is 9.78 Å². The number of fused-ring (bicyclic) bond motifs is 1. The van der Waals surface area contributed by atoms with Crippen LogP contribution in [-0.4, -0.2) is 20.9 Å². The van der Waals surface area contributed by atoms with Gasteiger partial charge in [0.1, 0.15) is 12.2 Å². The molecule has 7 heteroatoms. The van der Waals surface area contributed by atoms with Gasteiger partial charge in [-0.15, -0.1) is 0 Å². The Morgan fingerprint density at radius 3 is 2.56 bits per heavy atom. The first kappa shape index (κ1) is 12.9. The molecule has 1 heterocycles. The molecule has 4 nitrogen and oxygen atoms in total. The largest absolute Gasteiger partial charge is 0.480 e. The quantitative estimate of drug-likeness (QED) is 0.891. The summed E-state index contributed by atoms with van der Waals surface area (Å²) >= 11 is 0. The fourth-order valence-electron chi connectivity index (χ4n) is 2.65. The van der Waals surface area contributed by atoms with Crippen LogP contribution >= 0.6 is 0 Å². The molecule has 0 saturated heterocycles. The van der Waals surface area contributed by atoms with Crippen molar-refractivity contribution in [1.29, 1.82) is 0 Å². The molecule has 0 bridgehead atoms. The molecule has 0 radical (unpaired) electrons. The van der Waals surface area contributed by atoms with E-state index in [0.29, 0.717) is 16.8 Å². The fraction of sp³-hybridized carbons (Fsp3) is 0.636. The van der Waals surface area contributed by atoms with Gasteiger partial charge in [0, 0.05) is 11.5 Å². The molecule has 2 atom stereocenters. The number of rotatable bonds is 2. The zero-order valence-electron chi connectivity index (χ0n) is 9.95. The van der Waals surface area contributed by atoms with E-state index < -0.39 is 24.4 Å². The monoisotopic (exact) mass is 262 g/mol. The van der Waals surface area contributed by atoms with Gasteiger partial charge in [-0.3, -0.25) is 4.79 Å². The Morgan fingerprint density at radius 2 is 2.06 bits per heavy atom. The summed E-state index contributed by atoms with van der Waals surface area (Å²) in [4.78, 5) is 10.6. The van der Waals surface area contributed by atoms with Crippen LogP contribution in [0.15, 0.2) is 0 Å². The second-order valence-electron chi connectivity index (χ2n) is 4.73. The lowest BCUT2D eigenvalue weighted by Gasteiger charge is -2.13. The summed E-state index contributed by atoms with van der Waals surface area (Å²) in [5, 5.41) is 12.5. The SMILES string of the molecule is CC1CC(C)c2c1nn(CC(=O)O)c2C(F)(F)F. The van der Waals surface area contributed by atoms with Crippen LogP contribution in [-0.2, 0) is 17.5 Å². The minimum absolute atomic E-state index is 0.0638. The number of carboxylic acid groups (broad SMARTS) is 1. The normalized spacial score (nSPS) is 23.2. The lowest BCUT2D eigenvalue weighted by atomic mass is 10.0. The highest BCUT2D eigenvalue weighted by molar-refractivity contribution is 5.66. The number of halogens is 3. The van der Waals surface area contributed by atoms with Gasteiger partial charge in [-0.05, 0) is 12.3 Å². The Kier molecular flexibility index (Phi) is 2.87. The Labute approximate surface area is 101 Å². The van der Waals surface area contributed by atoms with E-state index in [-0.39, 0.29) is 17.4 Å². The number of aromatic nitrogens is 2. The first-order valence-corrected chi connectivity index (χ1v) is 5.61. The maximum absolute atomic E-state index is 13.0. The standard InChI is InChI=1S/C11H13F3N2O2/c1-5-3-6(2)9-8(5)10(11(12,13)14)16(15-9)4-7(17)18/h5-6H,3-4H2,1-2H3,(H,17,18). The van der Waals surface area contributed by atoms with Crippen LogP contribution in [0.25, 0.3) is 0 Å². The van der Waals surface area contributed by atoms with E-state index in [1.165, 1.54) is 0 Å². The molecule has 2 unspecified atom stereocenters. The molecule has 0 aliphatic heterocycles. The molecule has 100 valence electrons. The molecule has 18 heavy (non-hydrogen) atoms. The van der Waals surface area contributed by atoms with Crippen LogP contribution in [0.3, 0.4) is 0 Å². The number of carboxylic acids is 1. The Balaban J connectivity index is 2.59. The van der Waals surface area contributed by atoms with Crippen LogP contribution in [0.5, 0.6) is 0 Å². The Bertz CT molecular complexity index is 493. The molecule has 0 fully saturated rings. The van der Waals surface area contributed by atoms with Crippen molar-refractivity contribution in [3.05, 3.63) is 17.0 Å². The molecule has 1 aromatic rings. The molecule has 0 spiro atoms. The topological polar surface area (TPSA) is 55.1 Å². The maximum Gasteiger partial charge on any atom is 0.433 e. The molecule has 0 aromatic carbocycles. The number of nitrogens with zero attached hydrogens (tertiary/aromatic N) is 2. The number of hydrogen-bond acceptors (Lipinski definition) is 2. The lowest BCUT2D eigenvalue weighted by molar-refractivity contribution is -0.147. The van der Waals surface area contributed by atoms with Gasteiger partial charge in [-0.2, -0.15) is 18.3 Å². The van der Waals surface area contributed by atoms with E-state index >= 15 is 0 Å². The molecular weight excluding hydrogens is 249 g/mol. The van der Waals surface area contributed by atoms with Crippen molar-refractivity contribution >= 4 is 5.97 Å². The van der Waals surface area contributed by atoms with Gasteiger partial charge in [0.05, 0.1) is 5.69 Å². The summed E-state index contributed by atoms with van der Waals surface area (Å²) in [5.74, 6) is -1.64. The van der Waals surface area contributed by atoms with E-state index in [0.717, 1.165) is 0 Å². The smallest absolute Gasteiger partial charge is 0.433 e. The van der Waals surface area contributed by atoms with Gasteiger partial charge in [0.15, 0.2) is 0 Å². The summed E-state index contributed by atoms with van der Waals surface area (Å²) < 4.78 is 39.7. The maximum atomic E-state index is 13.0. The number of aliphatic carboxylic acids is 1. The third-order valence-corrected chi connectivity index (χ3v) is 3.24. The zero-order valence-corrected chi connectivity index (χ0v) is 9.95. The van der Waals surface area contributed by atoms with Gasteiger partial charge in [0.25, 0.3) is 0 Å². The van der Waals surface area contributed by atoms with Crippen molar-refractivity contribution in [2.75, 3.05) is 0 Å². The molecule has 1 aliphatic carbocycles. The van der Waals surface area contributed by atoms with Gasteiger partial charge in [-0.25, -0.2) is 4.68 Å². The molecule has 1 aromatic heterocycles. The second-order valence-corrected chi connectivity index (χ2v) is 4.73. The summed E-state index contributed by atoms with van der Waals surface area (Å²) in [6.45, 7) is 2.76. The Hall–Kier alpha value is -1.53. The van der Waals surface area contributed by atoms with Gasteiger partial charge < -0.3 is 5.11 Å². The van der Waals surface area contributed by atoms with Crippen LogP contribution in [0.2, 0.25) is 0 Å². The van der Waals surface area contributed by atoms with Crippen molar-refractivity contribution in [2.24, 2.45) is 0 Å². The van der Waals surface area contributed by atoms with Crippen molar-refractivity contribution < 1.29 is 23.1 Å². The van der Waals surface area contributed by atoms with Crippen LogP contribution in [0.4, 0.5) is 13.2 Å². The molecule has 2 rings (SSSR count). The van der Waals surface area contributed by atoms with E-state index in [1.807, 2.05) is 0 Å². The number of carbonyl (C=O) groups is 1. The third-order valence-electron chi connectivity index (χ3n) is 3.24. The van der Waals surface area contributed by atoms with E-state index in [9.17, 15) is 18.0 Å². The molecule has 0 saturated carbocycles. The summed E-state index contributed by atoms with van der Waals surface area (Å²) in [6, 6.07) is 0. The van der Waals surface area contributed by atoms with Gasteiger partial charge in [-0.1, -0.05) is 13.8 Å². The van der Waals surface area contributed by atoms with Crippen molar-refractivity contribution in [2.45, 2.75) is 44.8 Å². The number of alkyl halides is 3. The summed E-state index contributed by atoms with van der Waals surface area (Å²) in [5.41, 5.74) is -0.357. The first-order valence-electron chi connectivity index (χ1n) is 5.61. The molecule has 0 amide bonds. The van der Waals surface area contributed by atoms with E-state index in [4.69, 9.17) is 5.11 Å². The van der Waals surface area contributed by atoms with E-state index in [2.05, 4.69) is 5.10 Å². The summed E-state index contributed by atoms with van der Waals surface area (Å²) in [6.07, 6.45) is -3.96. The molecular formula is C11H13F3N2O2. The van der Waals surface area contributed by atoms with Crippen LogP contribution < -0.4 is 0 Å². The van der Waals surface area contributed by atoms with Crippen LogP contribution in [0.1, 0.15) is 49.1 Å².